The van der Waals surface area contributed by atoms with Crippen LogP contribution in [0.2, 0.25) is 0 Å². The maximum Gasteiger partial charge on any atom is 0.329 e. The van der Waals surface area contributed by atoms with Gasteiger partial charge in [0.15, 0.2) is 0 Å². The highest BCUT2D eigenvalue weighted by Gasteiger charge is 2.48. The zero-order chi connectivity index (χ0) is 13.9. The molecule has 100 valence electrons. The molecule has 0 bridgehead atoms. The van der Waals surface area contributed by atoms with Crippen LogP contribution in [0.1, 0.15) is 38.3 Å². The van der Waals surface area contributed by atoms with Gasteiger partial charge in [-0.3, -0.25) is 0 Å². The van der Waals surface area contributed by atoms with Crippen LogP contribution in [0.5, 0.6) is 0 Å². The van der Waals surface area contributed by atoms with Crippen molar-refractivity contribution in [2.24, 2.45) is 0 Å². The summed E-state index contributed by atoms with van der Waals surface area (Å²) in [5, 5.41) is 18.5. The minimum absolute atomic E-state index is 0.257. The molecular formula is C13H16N4O2. The molecule has 0 saturated carbocycles. The minimum atomic E-state index is -0.928. The molecule has 1 aromatic heterocycles. The molecule has 1 aliphatic rings. The monoisotopic (exact) mass is 260 g/mol. The van der Waals surface area contributed by atoms with Gasteiger partial charge in [0.25, 0.3) is 0 Å². The Morgan fingerprint density at radius 2 is 2.47 bits per heavy atom. The molecule has 6 nitrogen and oxygen atoms in total. The van der Waals surface area contributed by atoms with E-state index in [0.717, 1.165) is 12.8 Å². The van der Waals surface area contributed by atoms with Crippen molar-refractivity contribution in [1.82, 2.24) is 9.97 Å². The number of carboxylic acid groups (broad SMARTS) is 1. The van der Waals surface area contributed by atoms with Gasteiger partial charge < -0.3 is 10.0 Å². The fraction of sp³-hybridized carbons (Fsp3) is 0.538. The lowest BCUT2D eigenvalue weighted by Gasteiger charge is -2.34. The minimum Gasteiger partial charge on any atom is -0.479 e. The molecule has 0 aliphatic carbocycles. The van der Waals surface area contributed by atoms with Crippen LogP contribution in [0.4, 0.5) is 5.95 Å². The fourth-order valence-electron chi connectivity index (χ4n) is 2.71. The highest BCUT2D eigenvalue weighted by molar-refractivity contribution is 5.83. The summed E-state index contributed by atoms with van der Waals surface area (Å²) in [5.41, 5.74) is -0.671. The number of rotatable bonds is 4. The van der Waals surface area contributed by atoms with E-state index in [1.54, 1.807) is 4.90 Å². The first-order valence-corrected chi connectivity index (χ1v) is 6.38. The fourth-order valence-corrected chi connectivity index (χ4v) is 2.71. The zero-order valence-electron chi connectivity index (χ0n) is 10.8. The summed E-state index contributed by atoms with van der Waals surface area (Å²) >= 11 is 0. The average Bonchev–Trinajstić information content (AvgIpc) is 2.84. The maximum atomic E-state index is 11.7. The lowest BCUT2D eigenvalue weighted by Crippen LogP contribution is -2.51. The van der Waals surface area contributed by atoms with E-state index in [1.165, 1.54) is 12.3 Å². The van der Waals surface area contributed by atoms with Gasteiger partial charge in [-0.15, -0.1) is 0 Å². The van der Waals surface area contributed by atoms with Crippen molar-refractivity contribution >= 4 is 11.9 Å². The highest BCUT2D eigenvalue weighted by Crippen LogP contribution is 2.36. The van der Waals surface area contributed by atoms with Crippen molar-refractivity contribution in [1.29, 1.82) is 5.26 Å². The van der Waals surface area contributed by atoms with Crippen molar-refractivity contribution in [3.63, 3.8) is 0 Å². The van der Waals surface area contributed by atoms with E-state index < -0.39 is 11.5 Å². The summed E-state index contributed by atoms with van der Waals surface area (Å²) in [6.45, 7) is 2.58. The summed E-state index contributed by atoms with van der Waals surface area (Å²) in [6.07, 6.45) is 4.23. The van der Waals surface area contributed by atoms with Gasteiger partial charge in [-0.25, -0.2) is 14.8 Å². The quantitative estimate of drug-likeness (QED) is 0.883. The molecule has 0 aromatic carbocycles. The van der Waals surface area contributed by atoms with Gasteiger partial charge in [0.2, 0.25) is 5.95 Å². The van der Waals surface area contributed by atoms with Crippen molar-refractivity contribution < 1.29 is 9.90 Å². The lowest BCUT2D eigenvalue weighted by molar-refractivity contribution is -0.143. The predicted octanol–water partition coefficient (Wildman–Crippen LogP) is 1.57. The van der Waals surface area contributed by atoms with Crippen LogP contribution in [-0.2, 0) is 4.79 Å². The van der Waals surface area contributed by atoms with Crippen LogP contribution in [0, 0.1) is 11.3 Å². The number of hydrogen-bond acceptors (Lipinski definition) is 5. The van der Waals surface area contributed by atoms with E-state index in [0.29, 0.717) is 25.3 Å². The van der Waals surface area contributed by atoms with Crippen LogP contribution in [0.25, 0.3) is 0 Å². The first-order chi connectivity index (χ1) is 9.14. The Morgan fingerprint density at radius 3 is 3.11 bits per heavy atom. The number of nitriles is 1. The standard InChI is InChI=1S/C13H16N4O2/c1-2-5-13(11(18)19)6-3-8-17(13)12-15-7-4-10(9-14)16-12/h4,7H,2-3,5-6,8H2,1H3,(H,18,19). The van der Waals surface area contributed by atoms with E-state index in [2.05, 4.69) is 9.97 Å². The number of aliphatic carboxylic acids is 1. The molecule has 1 unspecified atom stereocenters. The number of anilines is 1. The molecule has 0 amide bonds. The molecule has 2 heterocycles. The molecule has 1 N–H and O–H groups in total. The summed E-state index contributed by atoms with van der Waals surface area (Å²) < 4.78 is 0. The second-order valence-electron chi connectivity index (χ2n) is 4.70. The van der Waals surface area contributed by atoms with E-state index in [1.807, 2.05) is 13.0 Å². The van der Waals surface area contributed by atoms with Crippen molar-refractivity contribution in [3.8, 4) is 6.07 Å². The SMILES string of the molecule is CCCC1(C(=O)O)CCCN1c1nccc(C#N)n1. The smallest absolute Gasteiger partial charge is 0.329 e. The molecular weight excluding hydrogens is 244 g/mol. The van der Waals surface area contributed by atoms with Crippen molar-refractivity contribution in [2.75, 3.05) is 11.4 Å². The first-order valence-electron chi connectivity index (χ1n) is 6.38. The topological polar surface area (TPSA) is 90.1 Å². The Balaban J connectivity index is 2.41. The van der Waals surface area contributed by atoms with E-state index in [9.17, 15) is 9.90 Å². The predicted molar refractivity (Wildman–Crippen MR) is 68.6 cm³/mol. The molecule has 6 heteroatoms. The molecule has 0 radical (unpaired) electrons. The number of carboxylic acids is 1. The van der Waals surface area contributed by atoms with Crippen LogP contribution in [-0.4, -0.2) is 33.1 Å². The molecule has 1 atom stereocenters. The average molecular weight is 260 g/mol. The van der Waals surface area contributed by atoms with E-state index in [4.69, 9.17) is 5.26 Å². The third kappa shape index (κ3) is 2.24. The molecule has 1 saturated heterocycles. The number of carbonyl (C=O) groups is 1. The Bertz CT molecular complexity index is 526. The number of nitrogens with zero attached hydrogens (tertiary/aromatic N) is 4. The van der Waals surface area contributed by atoms with Crippen molar-refractivity contribution in [2.45, 2.75) is 38.1 Å². The summed E-state index contributed by atoms with van der Waals surface area (Å²) in [4.78, 5) is 21.7. The van der Waals surface area contributed by atoms with Crippen LogP contribution >= 0.6 is 0 Å². The Kier molecular flexibility index (Phi) is 3.65. The second-order valence-corrected chi connectivity index (χ2v) is 4.70. The third-order valence-electron chi connectivity index (χ3n) is 3.55. The van der Waals surface area contributed by atoms with Gasteiger partial charge >= 0.3 is 5.97 Å². The van der Waals surface area contributed by atoms with Gasteiger partial charge in [0, 0.05) is 12.7 Å². The van der Waals surface area contributed by atoms with Crippen molar-refractivity contribution in [3.05, 3.63) is 18.0 Å². The summed E-state index contributed by atoms with van der Waals surface area (Å²) in [5.74, 6) is -0.495. The zero-order valence-corrected chi connectivity index (χ0v) is 10.8. The molecule has 1 fully saturated rings. The first kappa shape index (κ1) is 13.3. The number of hydrogen-bond donors (Lipinski definition) is 1. The molecule has 0 spiro atoms. The van der Waals surface area contributed by atoms with E-state index in [-0.39, 0.29) is 5.69 Å². The Labute approximate surface area is 111 Å². The van der Waals surface area contributed by atoms with Crippen LogP contribution in [0.15, 0.2) is 12.3 Å². The molecule has 2 rings (SSSR count). The molecule has 19 heavy (non-hydrogen) atoms. The third-order valence-corrected chi connectivity index (χ3v) is 3.55. The van der Waals surface area contributed by atoms with Gasteiger partial charge in [0.1, 0.15) is 17.3 Å². The number of aromatic nitrogens is 2. The largest absolute Gasteiger partial charge is 0.479 e. The van der Waals surface area contributed by atoms with Gasteiger partial charge in [-0.2, -0.15) is 5.26 Å². The second kappa shape index (κ2) is 5.22. The normalized spacial score (nSPS) is 22.2. The maximum absolute atomic E-state index is 11.7. The Morgan fingerprint density at radius 1 is 1.68 bits per heavy atom. The van der Waals surface area contributed by atoms with Gasteiger partial charge in [-0.1, -0.05) is 13.3 Å². The molecule has 1 aliphatic heterocycles. The van der Waals surface area contributed by atoms with Crippen LogP contribution < -0.4 is 4.90 Å². The highest BCUT2D eigenvalue weighted by atomic mass is 16.4. The lowest BCUT2D eigenvalue weighted by atomic mass is 9.91. The van der Waals surface area contributed by atoms with Gasteiger partial charge in [-0.05, 0) is 25.3 Å². The van der Waals surface area contributed by atoms with Gasteiger partial charge in [0.05, 0.1) is 0 Å². The summed E-state index contributed by atoms with van der Waals surface area (Å²) in [7, 11) is 0. The summed E-state index contributed by atoms with van der Waals surface area (Å²) in [6, 6.07) is 3.47. The molecule has 1 aromatic rings. The Hall–Kier alpha value is -2.16. The van der Waals surface area contributed by atoms with E-state index >= 15 is 0 Å². The van der Waals surface area contributed by atoms with Crippen LogP contribution in [0.3, 0.4) is 0 Å².